The predicted molar refractivity (Wildman–Crippen MR) is 84.4 cm³/mol. The maximum absolute atomic E-state index is 11.1. The quantitative estimate of drug-likeness (QED) is 0.753. The monoisotopic (exact) mass is 302 g/mol. The highest BCUT2D eigenvalue weighted by Crippen LogP contribution is 2.35. The van der Waals surface area contributed by atoms with Gasteiger partial charge >= 0.3 is 0 Å². The number of fused-ring (bicyclic) bond motifs is 1. The zero-order valence-electron chi connectivity index (χ0n) is 10.7. The van der Waals surface area contributed by atoms with Crippen molar-refractivity contribution < 1.29 is 4.79 Å². The molecule has 100 valence electrons. The van der Waals surface area contributed by atoms with E-state index in [-0.39, 0.29) is 5.91 Å². The van der Waals surface area contributed by atoms with Crippen molar-refractivity contribution in [3.63, 3.8) is 0 Å². The molecule has 3 rings (SSSR count). The average molecular weight is 303 g/mol. The molecule has 2 aromatic carbocycles. The molecule has 0 fully saturated rings. The van der Waals surface area contributed by atoms with E-state index in [0.29, 0.717) is 5.02 Å². The summed E-state index contributed by atoms with van der Waals surface area (Å²) in [7, 11) is 0. The Balaban J connectivity index is 2.10. The van der Waals surface area contributed by atoms with Crippen LogP contribution in [0.2, 0.25) is 5.02 Å². The second-order valence-electron chi connectivity index (χ2n) is 4.36. The molecule has 3 nitrogen and oxygen atoms in total. The highest BCUT2D eigenvalue weighted by atomic mass is 35.5. The summed E-state index contributed by atoms with van der Waals surface area (Å²) in [6.07, 6.45) is 0. The Labute approximate surface area is 125 Å². The summed E-state index contributed by atoms with van der Waals surface area (Å²) in [5.41, 5.74) is 2.50. The first kappa shape index (κ1) is 13.1. The molecule has 0 unspecified atom stereocenters. The first-order chi connectivity index (χ1) is 9.63. The van der Waals surface area contributed by atoms with Crippen molar-refractivity contribution in [3.8, 4) is 10.6 Å². The average Bonchev–Trinajstić information content (AvgIpc) is 2.84. The maximum atomic E-state index is 11.1. The molecule has 1 aromatic heterocycles. The van der Waals surface area contributed by atoms with Gasteiger partial charge in [-0.1, -0.05) is 23.7 Å². The molecule has 0 saturated carbocycles. The Bertz CT molecular complexity index is 764. The van der Waals surface area contributed by atoms with Crippen LogP contribution in [0.1, 0.15) is 6.92 Å². The summed E-state index contributed by atoms with van der Waals surface area (Å²) in [5, 5.41) is 4.23. The summed E-state index contributed by atoms with van der Waals surface area (Å²) < 4.78 is 1.11. The number of benzene rings is 2. The molecule has 0 aliphatic carbocycles. The molecule has 5 heteroatoms. The number of hydrogen-bond acceptors (Lipinski definition) is 3. The summed E-state index contributed by atoms with van der Waals surface area (Å²) >= 11 is 7.83. The molecule has 0 bridgehead atoms. The highest BCUT2D eigenvalue weighted by molar-refractivity contribution is 7.21. The van der Waals surface area contributed by atoms with Crippen molar-refractivity contribution in [2.45, 2.75) is 6.92 Å². The number of amides is 1. The van der Waals surface area contributed by atoms with Gasteiger partial charge in [-0.15, -0.1) is 11.3 Å². The second kappa shape index (κ2) is 5.23. The van der Waals surface area contributed by atoms with Crippen molar-refractivity contribution in [3.05, 3.63) is 47.5 Å². The van der Waals surface area contributed by atoms with Crippen molar-refractivity contribution in [1.29, 1.82) is 0 Å². The van der Waals surface area contributed by atoms with Crippen LogP contribution in [-0.4, -0.2) is 10.9 Å². The lowest BCUT2D eigenvalue weighted by Crippen LogP contribution is -2.05. The Morgan fingerprint density at radius 1 is 1.25 bits per heavy atom. The number of para-hydroxylation sites is 1. The number of halogens is 1. The largest absolute Gasteiger partial charge is 0.326 e. The van der Waals surface area contributed by atoms with Crippen molar-refractivity contribution in [2.75, 3.05) is 5.32 Å². The molecule has 20 heavy (non-hydrogen) atoms. The first-order valence-electron chi connectivity index (χ1n) is 6.06. The molecule has 0 spiro atoms. The van der Waals surface area contributed by atoms with E-state index in [9.17, 15) is 4.79 Å². The summed E-state index contributed by atoms with van der Waals surface area (Å²) in [6.45, 7) is 1.48. The zero-order chi connectivity index (χ0) is 14.1. The summed E-state index contributed by atoms with van der Waals surface area (Å²) in [6, 6.07) is 13.3. The van der Waals surface area contributed by atoms with E-state index in [1.54, 1.807) is 23.5 Å². The molecule has 0 atom stereocenters. The number of carbonyl (C=O) groups is 1. The van der Waals surface area contributed by atoms with E-state index in [4.69, 9.17) is 11.6 Å². The number of nitrogens with one attached hydrogen (secondary N) is 1. The van der Waals surface area contributed by atoms with Crippen LogP contribution in [0, 0.1) is 0 Å². The Kier molecular flexibility index (Phi) is 3.42. The molecule has 0 aliphatic heterocycles. The lowest BCUT2D eigenvalue weighted by atomic mass is 10.2. The minimum Gasteiger partial charge on any atom is -0.326 e. The van der Waals surface area contributed by atoms with Crippen LogP contribution in [0.15, 0.2) is 42.5 Å². The fourth-order valence-electron chi connectivity index (χ4n) is 1.96. The Morgan fingerprint density at radius 2 is 2.05 bits per heavy atom. The Hall–Kier alpha value is -1.91. The van der Waals surface area contributed by atoms with Gasteiger partial charge in [-0.25, -0.2) is 4.98 Å². The normalized spacial score (nSPS) is 10.7. The molecule has 1 heterocycles. The van der Waals surface area contributed by atoms with Crippen LogP contribution >= 0.6 is 22.9 Å². The van der Waals surface area contributed by atoms with E-state index < -0.39 is 0 Å². The minimum absolute atomic E-state index is 0.109. The van der Waals surface area contributed by atoms with Gasteiger partial charge in [0.25, 0.3) is 0 Å². The van der Waals surface area contributed by atoms with E-state index >= 15 is 0 Å². The van der Waals surface area contributed by atoms with Crippen LogP contribution in [0.3, 0.4) is 0 Å². The van der Waals surface area contributed by atoms with Crippen molar-refractivity contribution in [1.82, 2.24) is 4.98 Å². The number of aromatic nitrogens is 1. The van der Waals surface area contributed by atoms with Gasteiger partial charge in [0.1, 0.15) is 5.01 Å². The molecule has 1 amide bonds. The molecule has 1 N–H and O–H groups in total. The molecule has 0 radical (unpaired) electrons. The van der Waals surface area contributed by atoms with Crippen LogP contribution < -0.4 is 5.32 Å². The van der Waals surface area contributed by atoms with E-state index in [0.717, 1.165) is 26.5 Å². The van der Waals surface area contributed by atoms with Gasteiger partial charge in [0.2, 0.25) is 5.91 Å². The molecule has 0 saturated heterocycles. The lowest BCUT2D eigenvalue weighted by molar-refractivity contribution is -0.114. The van der Waals surface area contributed by atoms with Gasteiger partial charge in [-0.05, 0) is 30.3 Å². The molecular formula is C15H11ClN2OS. The predicted octanol–water partition coefficient (Wildman–Crippen LogP) is 4.58. The van der Waals surface area contributed by atoms with Gasteiger partial charge in [0.15, 0.2) is 0 Å². The topological polar surface area (TPSA) is 42.0 Å². The number of carbonyl (C=O) groups excluding carboxylic acids is 1. The van der Waals surface area contributed by atoms with E-state index in [2.05, 4.69) is 10.3 Å². The fourth-order valence-corrected chi connectivity index (χ4v) is 3.22. The molecular weight excluding hydrogens is 292 g/mol. The van der Waals surface area contributed by atoms with E-state index in [1.165, 1.54) is 6.92 Å². The van der Waals surface area contributed by atoms with Crippen LogP contribution in [0.25, 0.3) is 20.8 Å². The lowest BCUT2D eigenvalue weighted by Gasteiger charge is -2.05. The number of rotatable bonds is 2. The summed E-state index contributed by atoms with van der Waals surface area (Å²) in [4.78, 5) is 15.7. The van der Waals surface area contributed by atoms with Gasteiger partial charge < -0.3 is 5.32 Å². The first-order valence-corrected chi connectivity index (χ1v) is 7.26. The van der Waals surface area contributed by atoms with Crippen molar-refractivity contribution >= 4 is 44.7 Å². The van der Waals surface area contributed by atoms with E-state index in [1.807, 2.05) is 30.3 Å². The Morgan fingerprint density at radius 3 is 2.80 bits per heavy atom. The highest BCUT2D eigenvalue weighted by Gasteiger charge is 2.10. The number of nitrogens with zero attached hydrogens (tertiary/aromatic N) is 1. The molecule has 0 aliphatic rings. The minimum atomic E-state index is -0.109. The van der Waals surface area contributed by atoms with Gasteiger partial charge in [0, 0.05) is 18.2 Å². The SMILES string of the molecule is CC(=O)Nc1ccc(Cl)c(-c2nc3ccccc3s2)c1. The number of anilines is 1. The third-order valence-electron chi connectivity index (χ3n) is 2.81. The third-order valence-corrected chi connectivity index (χ3v) is 4.21. The second-order valence-corrected chi connectivity index (χ2v) is 5.80. The van der Waals surface area contributed by atoms with Crippen LogP contribution in [0.4, 0.5) is 5.69 Å². The third kappa shape index (κ3) is 2.53. The summed E-state index contributed by atoms with van der Waals surface area (Å²) in [5.74, 6) is -0.109. The molecule has 3 aromatic rings. The fraction of sp³-hybridized carbons (Fsp3) is 0.0667. The van der Waals surface area contributed by atoms with Crippen molar-refractivity contribution in [2.24, 2.45) is 0 Å². The standard InChI is InChI=1S/C15H11ClN2OS/c1-9(19)17-10-6-7-12(16)11(8-10)15-18-13-4-2-3-5-14(13)20-15/h2-8H,1H3,(H,17,19). The van der Waals surface area contributed by atoms with Gasteiger partial charge in [-0.2, -0.15) is 0 Å². The number of thiazole rings is 1. The van der Waals surface area contributed by atoms with Crippen LogP contribution in [0.5, 0.6) is 0 Å². The maximum Gasteiger partial charge on any atom is 0.221 e. The smallest absolute Gasteiger partial charge is 0.221 e. The van der Waals surface area contributed by atoms with Crippen LogP contribution in [-0.2, 0) is 4.79 Å². The number of hydrogen-bond donors (Lipinski definition) is 1. The van der Waals surface area contributed by atoms with Gasteiger partial charge in [-0.3, -0.25) is 4.79 Å². The zero-order valence-corrected chi connectivity index (χ0v) is 12.3. The van der Waals surface area contributed by atoms with Gasteiger partial charge in [0.05, 0.1) is 15.2 Å².